The number of nitrogens with zero attached hydrogens (tertiary/aromatic N) is 1. The molecule has 6 nitrogen and oxygen atoms in total. The highest BCUT2D eigenvalue weighted by atomic mass is 16.6. The molecular formula is C15H21NO5. The molecule has 0 unspecified atom stereocenters. The number of amides is 1. The van der Waals surface area contributed by atoms with Crippen molar-refractivity contribution < 1.29 is 24.5 Å². The number of aliphatic carboxylic acids is 1. The van der Waals surface area contributed by atoms with Gasteiger partial charge in [0.15, 0.2) is 0 Å². The van der Waals surface area contributed by atoms with Crippen LogP contribution in [0.25, 0.3) is 0 Å². The van der Waals surface area contributed by atoms with Crippen LogP contribution in [-0.4, -0.2) is 45.9 Å². The number of hydrogen-bond donors (Lipinski definition) is 2. The predicted octanol–water partition coefficient (Wildman–Crippen LogP) is 2.26. The van der Waals surface area contributed by atoms with E-state index in [9.17, 15) is 14.7 Å². The number of carboxylic acid groups (broad SMARTS) is 1. The highest BCUT2D eigenvalue weighted by Crippen LogP contribution is 2.13. The van der Waals surface area contributed by atoms with Gasteiger partial charge in [0.2, 0.25) is 0 Å². The van der Waals surface area contributed by atoms with E-state index >= 15 is 0 Å². The summed E-state index contributed by atoms with van der Waals surface area (Å²) in [4.78, 5) is 24.0. The van der Waals surface area contributed by atoms with Gasteiger partial charge in [-0.3, -0.25) is 9.69 Å². The van der Waals surface area contributed by atoms with Crippen LogP contribution in [0.2, 0.25) is 0 Å². The van der Waals surface area contributed by atoms with Gasteiger partial charge in [-0.25, -0.2) is 4.79 Å². The second-order valence-corrected chi connectivity index (χ2v) is 5.72. The van der Waals surface area contributed by atoms with Crippen molar-refractivity contribution in [2.24, 2.45) is 0 Å². The molecule has 1 rings (SSSR count). The summed E-state index contributed by atoms with van der Waals surface area (Å²) in [5.74, 6) is -0.966. The Morgan fingerprint density at radius 2 is 1.95 bits per heavy atom. The topological polar surface area (TPSA) is 87.1 Å². The molecule has 116 valence electrons. The Morgan fingerprint density at radius 1 is 1.29 bits per heavy atom. The number of ether oxygens (including phenoxy) is 1. The highest BCUT2D eigenvalue weighted by Gasteiger charge is 2.23. The van der Waals surface area contributed by atoms with E-state index in [0.717, 1.165) is 10.5 Å². The van der Waals surface area contributed by atoms with Crippen molar-refractivity contribution >= 4 is 12.1 Å². The number of carbonyl (C=O) groups is 2. The molecule has 0 fully saturated rings. The minimum Gasteiger partial charge on any atom is -0.508 e. The van der Waals surface area contributed by atoms with E-state index < -0.39 is 24.2 Å². The lowest BCUT2D eigenvalue weighted by Gasteiger charge is -2.26. The summed E-state index contributed by atoms with van der Waals surface area (Å²) < 4.78 is 5.19. The summed E-state index contributed by atoms with van der Waals surface area (Å²) in [6, 6.07) is 6.62. The van der Waals surface area contributed by atoms with Gasteiger partial charge in [0.05, 0.1) is 0 Å². The summed E-state index contributed by atoms with van der Waals surface area (Å²) in [5, 5.41) is 18.3. The molecule has 6 heteroatoms. The van der Waals surface area contributed by atoms with Crippen molar-refractivity contribution in [3.05, 3.63) is 29.8 Å². The maximum atomic E-state index is 12.0. The van der Waals surface area contributed by atoms with Crippen LogP contribution in [0, 0.1) is 0 Å². The van der Waals surface area contributed by atoms with Crippen molar-refractivity contribution in [3.63, 3.8) is 0 Å². The Morgan fingerprint density at radius 3 is 2.48 bits per heavy atom. The van der Waals surface area contributed by atoms with Gasteiger partial charge in [0.1, 0.15) is 17.9 Å². The van der Waals surface area contributed by atoms with E-state index in [2.05, 4.69) is 0 Å². The van der Waals surface area contributed by atoms with Crippen LogP contribution in [0.3, 0.4) is 0 Å². The first-order chi connectivity index (χ1) is 9.67. The van der Waals surface area contributed by atoms with Crippen LogP contribution in [0.4, 0.5) is 4.79 Å². The standard InChI is InChI=1S/C15H21NO5/c1-15(2,3)21-14(20)16(10-13(18)19)8-7-11-5-4-6-12(17)9-11/h4-6,9,17H,7-8,10H2,1-3H3,(H,18,19). The van der Waals surface area contributed by atoms with Gasteiger partial charge in [-0.05, 0) is 44.9 Å². The Bertz CT molecular complexity index is 507. The van der Waals surface area contributed by atoms with Gasteiger partial charge in [0, 0.05) is 6.54 Å². The monoisotopic (exact) mass is 295 g/mol. The number of hydrogen-bond acceptors (Lipinski definition) is 4. The molecule has 0 aliphatic heterocycles. The van der Waals surface area contributed by atoms with E-state index in [0.29, 0.717) is 6.42 Å². The second-order valence-electron chi connectivity index (χ2n) is 5.72. The number of phenols is 1. The third kappa shape index (κ3) is 6.65. The van der Waals surface area contributed by atoms with E-state index in [1.807, 2.05) is 0 Å². The SMILES string of the molecule is CC(C)(C)OC(=O)N(CCc1cccc(O)c1)CC(=O)O. The van der Waals surface area contributed by atoms with Crippen LogP contribution >= 0.6 is 0 Å². The molecule has 0 radical (unpaired) electrons. The number of phenolic OH excluding ortho intramolecular Hbond substituents is 1. The van der Waals surface area contributed by atoms with Crippen LogP contribution in [0.15, 0.2) is 24.3 Å². The minimum absolute atomic E-state index is 0.134. The zero-order valence-electron chi connectivity index (χ0n) is 12.5. The van der Waals surface area contributed by atoms with Crippen molar-refractivity contribution in [2.45, 2.75) is 32.8 Å². The van der Waals surface area contributed by atoms with E-state index in [4.69, 9.17) is 9.84 Å². The molecule has 1 aromatic carbocycles. The largest absolute Gasteiger partial charge is 0.508 e. The fraction of sp³-hybridized carbons (Fsp3) is 0.467. The van der Waals surface area contributed by atoms with Crippen molar-refractivity contribution in [3.8, 4) is 5.75 Å². The summed E-state index contributed by atoms with van der Waals surface area (Å²) in [6.07, 6.45) is -0.231. The molecule has 0 aromatic heterocycles. The van der Waals surface area contributed by atoms with E-state index in [-0.39, 0.29) is 12.3 Å². The quantitative estimate of drug-likeness (QED) is 0.870. The first kappa shape index (κ1) is 16.8. The molecule has 1 aromatic rings. The lowest BCUT2D eigenvalue weighted by Crippen LogP contribution is -2.40. The molecule has 2 N–H and O–H groups in total. The van der Waals surface area contributed by atoms with Gasteiger partial charge in [0.25, 0.3) is 0 Å². The summed E-state index contributed by atoms with van der Waals surface area (Å²) in [6.45, 7) is 4.94. The number of carbonyl (C=O) groups excluding carboxylic acids is 1. The molecule has 0 heterocycles. The van der Waals surface area contributed by atoms with Gasteiger partial charge in [-0.2, -0.15) is 0 Å². The molecule has 0 aliphatic carbocycles. The second kappa shape index (κ2) is 6.97. The molecule has 0 atom stereocenters. The van der Waals surface area contributed by atoms with Gasteiger partial charge in [-0.15, -0.1) is 0 Å². The van der Waals surface area contributed by atoms with Gasteiger partial charge < -0.3 is 14.9 Å². The predicted molar refractivity (Wildman–Crippen MR) is 77.3 cm³/mol. The number of aromatic hydroxyl groups is 1. The lowest BCUT2D eigenvalue weighted by atomic mass is 10.1. The first-order valence-electron chi connectivity index (χ1n) is 6.65. The van der Waals surface area contributed by atoms with Crippen LogP contribution in [-0.2, 0) is 16.0 Å². The minimum atomic E-state index is -1.10. The molecule has 0 spiro atoms. The Kier molecular flexibility index (Phi) is 5.58. The van der Waals surface area contributed by atoms with Crippen LogP contribution < -0.4 is 0 Å². The molecule has 0 saturated carbocycles. The summed E-state index contributed by atoms with van der Waals surface area (Å²) in [5.41, 5.74) is 0.132. The Balaban J connectivity index is 2.70. The van der Waals surface area contributed by atoms with Crippen LogP contribution in [0.5, 0.6) is 5.75 Å². The molecule has 1 amide bonds. The third-order valence-electron chi connectivity index (χ3n) is 2.56. The average Bonchev–Trinajstić information content (AvgIpc) is 2.32. The number of benzene rings is 1. The zero-order valence-corrected chi connectivity index (χ0v) is 12.5. The molecular weight excluding hydrogens is 274 g/mol. The van der Waals surface area contributed by atoms with Gasteiger partial charge >= 0.3 is 12.1 Å². The van der Waals surface area contributed by atoms with Gasteiger partial charge in [-0.1, -0.05) is 12.1 Å². The fourth-order valence-corrected chi connectivity index (χ4v) is 1.70. The first-order valence-corrected chi connectivity index (χ1v) is 6.65. The number of rotatable bonds is 5. The molecule has 0 bridgehead atoms. The normalized spacial score (nSPS) is 11.0. The zero-order chi connectivity index (χ0) is 16.0. The fourth-order valence-electron chi connectivity index (χ4n) is 1.70. The lowest BCUT2D eigenvalue weighted by molar-refractivity contribution is -0.138. The molecule has 0 saturated heterocycles. The smallest absolute Gasteiger partial charge is 0.410 e. The maximum absolute atomic E-state index is 12.0. The highest BCUT2D eigenvalue weighted by molar-refractivity contribution is 5.76. The average molecular weight is 295 g/mol. The van der Waals surface area contributed by atoms with Crippen molar-refractivity contribution in [1.82, 2.24) is 4.90 Å². The Hall–Kier alpha value is -2.24. The third-order valence-corrected chi connectivity index (χ3v) is 2.56. The van der Waals surface area contributed by atoms with E-state index in [1.54, 1.807) is 45.0 Å². The van der Waals surface area contributed by atoms with Crippen molar-refractivity contribution in [2.75, 3.05) is 13.1 Å². The number of carboxylic acids is 1. The molecule has 0 aliphatic rings. The molecule has 21 heavy (non-hydrogen) atoms. The Labute approximate surface area is 124 Å². The van der Waals surface area contributed by atoms with E-state index in [1.165, 1.54) is 0 Å². The summed E-state index contributed by atoms with van der Waals surface area (Å²) in [7, 11) is 0. The maximum Gasteiger partial charge on any atom is 0.410 e. The van der Waals surface area contributed by atoms with Crippen LogP contribution in [0.1, 0.15) is 26.3 Å². The summed E-state index contributed by atoms with van der Waals surface area (Å²) >= 11 is 0. The van der Waals surface area contributed by atoms with Crippen molar-refractivity contribution in [1.29, 1.82) is 0 Å².